The van der Waals surface area contributed by atoms with Crippen molar-refractivity contribution in [3.05, 3.63) is 28.2 Å². The van der Waals surface area contributed by atoms with Crippen molar-refractivity contribution >= 4 is 15.9 Å². The standard InChI is InChI=1S/C9H7BrN4/c1-5-8-4-6(10)2-3-7(8)9-11-12-13-14(5)9/h2-5H,1H3. The normalized spacial score (nSPS) is 18.0. The molecule has 1 aromatic heterocycles. The smallest absolute Gasteiger partial charge is 0.182 e. The number of rotatable bonds is 0. The third-order valence-electron chi connectivity index (χ3n) is 2.56. The lowest BCUT2D eigenvalue weighted by molar-refractivity contribution is 0.567. The fourth-order valence-electron chi connectivity index (χ4n) is 1.85. The fourth-order valence-corrected chi connectivity index (χ4v) is 2.23. The van der Waals surface area contributed by atoms with Crippen LogP contribution < -0.4 is 0 Å². The van der Waals surface area contributed by atoms with Crippen LogP contribution >= 0.6 is 15.9 Å². The minimum Gasteiger partial charge on any atom is -0.218 e. The monoisotopic (exact) mass is 250 g/mol. The fraction of sp³-hybridized carbons (Fsp3) is 0.222. The average Bonchev–Trinajstić information content (AvgIpc) is 2.72. The van der Waals surface area contributed by atoms with Crippen LogP contribution in [-0.4, -0.2) is 20.2 Å². The van der Waals surface area contributed by atoms with E-state index in [1.807, 2.05) is 16.8 Å². The Morgan fingerprint density at radius 3 is 3.14 bits per heavy atom. The number of benzene rings is 1. The minimum absolute atomic E-state index is 0.229. The molecule has 1 unspecified atom stereocenters. The SMILES string of the molecule is CC1c2cc(Br)ccc2-c2nnnn21. The molecule has 0 spiro atoms. The summed E-state index contributed by atoms with van der Waals surface area (Å²) in [5.74, 6) is 0.861. The van der Waals surface area contributed by atoms with Crippen LogP contribution in [0.15, 0.2) is 22.7 Å². The van der Waals surface area contributed by atoms with Gasteiger partial charge in [0.2, 0.25) is 0 Å². The van der Waals surface area contributed by atoms with Crippen LogP contribution in [0.4, 0.5) is 0 Å². The second-order valence-corrected chi connectivity index (χ2v) is 4.27. The summed E-state index contributed by atoms with van der Waals surface area (Å²) in [6.45, 7) is 2.10. The summed E-state index contributed by atoms with van der Waals surface area (Å²) >= 11 is 3.46. The Kier molecular flexibility index (Phi) is 1.53. The van der Waals surface area contributed by atoms with Crippen molar-refractivity contribution in [2.75, 3.05) is 0 Å². The van der Waals surface area contributed by atoms with Crippen LogP contribution in [-0.2, 0) is 0 Å². The van der Waals surface area contributed by atoms with Gasteiger partial charge in [-0.1, -0.05) is 15.9 Å². The molecule has 1 aromatic carbocycles. The van der Waals surface area contributed by atoms with Gasteiger partial charge in [0.1, 0.15) is 0 Å². The van der Waals surface area contributed by atoms with Gasteiger partial charge < -0.3 is 0 Å². The van der Waals surface area contributed by atoms with Gasteiger partial charge in [0.25, 0.3) is 0 Å². The molecule has 0 saturated carbocycles. The Labute approximate surface area is 89.1 Å². The zero-order valence-electron chi connectivity index (χ0n) is 7.48. The van der Waals surface area contributed by atoms with Crippen LogP contribution in [0.2, 0.25) is 0 Å². The van der Waals surface area contributed by atoms with Crippen molar-refractivity contribution in [2.45, 2.75) is 13.0 Å². The summed E-state index contributed by atoms with van der Waals surface area (Å²) in [6, 6.07) is 6.39. The first kappa shape index (κ1) is 8.11. The van der Waals surface area contributed by atoms with Crippen molar-refractivity contribution in [3.63, 3.8) is 0 Å². The highest BCUT2D eigenvalue weighted by molar-refractivity contribution is 9.10. The number of hydrogen-bond acceptors (Lipinski definition) is 3. The first-order valence-corrected chi connectivity index (χ1v) is 5.14. The number of hydrogen-bond donors (Lipinski definition) is 0. The molecular formula is C9H7BrN4. The molecule has 1 atom stereocenters. The van der Waals surface area contributed by atoms with Crippen molar-refractivity contribution < 1.29 is 0 Å². The molecule has 0 aliphatic carbocycles. The number of halogens is 1. The van der Waals surface area contributed by atoms with Crippen LogP contribution in [0.25, 0.3) is 11.4 Å². The zero-order valence-corrected chi connectivity index (χ0v) is 9.06. The van der Waals surface area contributed by atoms with E-state index in [2.05, 4.69) is 44.4 Å². The Hall–Kier alpha value is -1.23. The summed E-state index contributed by atoms with van der Waals surface area (Å²) in [4.78, 5) is 0. The lowest BCUT2D eigenvalue weighted by Crippen LogP contribution is -2.02. The third-order valence-corrected chi connectivity index (χ3v) is 3.06. The molecule has 3 rings (SSSR count). The molecule has 0 saturated heterocycles. The van der Waals surface area contributed by atoms with E-state index in [0.29, 0.717) is 0 Å². The summed E-state index contributed by atoms with van der Waals surface area (Å²) in [5, 5.41) is 11.6. The summed E-state index contributed by atoms with van der Waals surface area (Å²) in [7, 11) is 0. The molecule has 4 nitrogen and oxygen atoms in total. The predicted molar refractivity (Wildman–Crippen MR) is 54.8 cm³/mol. The molecule has 2 aromatic rings. The Morgan fingerprint density at radius 1 is 1.43 bits per heavy atom. The van der Waals surface area contributed by atoms with E-state index in [-0.39, 0.29) is 6.04 Å². The van der Waals surface area contributed by atoms with Gasteiger partial charge in [-0.3, -0.25) is 0 Å². The van der Waals surface area contributed by atoms with E-state index in [1.165, 1.54) is 5.56 Å². The van der Waals surface area contributed by atoms with Gasteiger partial charge in [-0.2, -0.15) is 0 Å². The highest BCUT2D eigenvalue weighted by atomic mass is 79.9. The number of tetrazole rings is 1. The Morgan fingerprint density at radius 2 is 2.29 bits per heavy atom. The lowest BCUT2D eigenvalue weighted by Gasteiger charge is -2.04. The van der Waals surface area contributed by atoms with Gasteiger partial charge in [-0.25, -0.2) is 4.68 Å². The van der Waals surface area contributed by atoms with E-state index < -0.39 is 0 Å². The van der Waals surface area contributed by atoms with Gasteiger partial charge >= 0.3 is 0 Å². The molecule has 14 heavy (non-hydrogen) atoms. The molecular weight excluding hydrogens is 244 g/mol. The molecule has 1 aliphatic heterocycles. The Balaban J connectivity index is 2.33. The second kappa shape index (κ2) is 2.63. The van der Waals surface area contributed by atoms with E-state index in [4.69, 9.17) is 0 Å². The van der Waals surface area contributed by atoms with Crippen molar-refractivity contribution in [3.8, 4) is 11.4 Å². The average molecular weight is 251 g/mol. The minimum atomic E-state index is 0.229. The molecule has 2 heterocycles. The molecule has 0 amide bonds. The molecule has 0 N–H and O–H groups in total. The highest BCUT2D eigenvalue weighted by Crippen LogP contribution is 2.37. The number of aromatic nitrogens is 4. The summed E-state index contributed by atoms with van der Waals surface area (Å²) < 4.78 is 2.93. The van der Waals surface area contributed by atoms with E-state index in [0.717, 1.165) is 15.9 Å². The third kappa shape index (κ3) is 0.901. The maximum absolute atomic E-state index is 4.00. The van der Waals surface area contributed by atoms with E-state index in [9.17, 15) is 0 Å². The topological polar surface area (TPSA) is 43.6 Å². The summed E-state index contributed by atoms with van der Waals surface area (Å²) in [6.07, 6.45) is 0. The molecule has 0 radical (unpaired) electrons. The first-order valence-electron chi connectivity index (χ1n) is 4.35. The quantitative estimate of drug-likeness (QED) is 0.719. The molecule has 1 aliphatic rings. The van der Waals surface area contributed by atoms with Gasteiger partial charge in [-0.05, 0) is 41.1 Å². The number of fused-ring (bicyclic) bond motifs is 3. The van der Waals surface area contributed by atoms with Gasteiger partial charge in [0.15, 0.2) is 5.82 Å². The summed E-state index contributed by atoms with van der Waals surface area (Å²) in [5.41, 5.74) is 2.38. The lowest BCUT2D eigenvalue weighted by atomic mass is 10.1. The predicted octanol–water partition coefficient (Wildman–Crippen LogP) is 2.03. The van der Waals surface area contributed by atoms with Crippen molar-refractivity contribution in [1.82, 2.24) is 20.2 Å². The first-order chi connectivity index (χ1) is 6.77. The van der Waals surface area contributed by atoms with E-state index in [1.54, 1.807) is 0 Å². The number of nitrogens with zero attached hydrogens (tertiary/aromatic N) is 4. The van der Waals surface area contributed by atoms with Gasteiger partial charge in [0, 0.05) is 10.0 Å². The van der Waals surface area contributed by atoms with Crippen LogP contribution in [0.1, 0.15) is 18.5 Å². The molecule has 0 bridgehead atoms. The van der Waals surface area contributed by atoms with Crippen LogP contribution in [0, 0.1) is 0 Å². The Bertz CT molecular complexity index is 505. The van der Waals surface area contributed by atoms with Crippen LogP contribution in [0.5, 0.6) is 0 Å². The molecule has 0 fully saturated rings. The molecule has 5 heteroatoms. The van der Waals surface area contributed by atoms with Gasteiger partial charge in [0.05, 0.1) is 6.04 Å². The second-order valence-electron chi connectivity index (χ2n) is 3.35. The highest BCUT2D eigenvalue weighted by Gasteiger charge is 2.27. The maximum Gasteiger partial charge on any atom is 0.182 e. The van der Waals surface area contributed by atoms with Crippen molar-refractivity contribution in [1.29, 1.82) is 0 Å². The van der Waals surface area contributed by atoms with Crippen LogP contribution in [0.3, 0.4) is 0 Å². The van der Waals surface area contributed by atoms with Crippen molar-refractivity contribution in [2.24, 2.45) is 0 Å². The molecule has 70 valence electrons. The zero-order chi connectivity index (χ0) is 9.71. The van der Waals surface area contributed by atoms with Gasteiger partial charge in [-0.15, -0.1) is 5.10 Å². The van der Waals surface area contributed by atoms with E-state index >= 15 is 0 Å². The maximum atomic E-state index is 4.00. The largest absolute Gasteiger partial charge is 0.218 e.